The molecule has 2 N–H and O–H groups in total. The summed E-state index contributed by atoms with van der Waals surface area (Å²) in [5.41, 5.74) is 3.76. The maximum atomic E-state index is 12.3. The summed E-state index contributed by atoms with van der Waals surface area (Å²) >= 11 is 0. The van der Waals surface area contributed by atoms with Crippen LogP contribution < -0.4 is 5.32 Å². The number of carbonyl (C=O) groups is 1. The third-order valence-corrected chi connectivity index (χ3v) is 4.57. The zero-order chi connectivity index (χ0) is 19.7. The summed E-state index contributed by atoms with van der Waals surface area (Å²) < 4.78 is 5.30. The quantitative estimate of drug-likeness (QED) is 0.542. The number of aromatic nitrogens is 3. The Labute approximate surface area is 163 Å². The SMILES string of the molecule is CC(C)(C)c1cc(NC(=O)Cc2ccc(-c3cnc4[nH]ccc4c3)cc2)no1. The van der Waals surface area contributed by atoms with E-state index in [4.69, 9.17) is 4.52 Å². The summed E-state index contributed by atoms with van der Waals surface area (Å²) in [6.45, 7) is 6.10. The van der Waals surface area contributed by atoms with Crippen molar-refractivity contribution in [3.8, 4) is 11.1 Å². The van der Waals surface area contributed by atoms with E-state index in [0.29, 0.717) is 5.82 Å². The number of rotatable bonds is 4. The average Bonchev–Trinajstić information content (AvgIpc) is 3.30. The molecule has 3 heterocycles. The Bertz CT molecular complexity index is 1120. The van der Waals surface area contributed by atoms with Crippen molar-refractivity contribution in [3.63, 3.8) is 0 Å². The molecule has 0 radical (unpaired) electrons. The highest BCUT2D eigenvalue weighted by atomic mass is 16.5. The van der Waals surface area contributed by atoms with Gasteiger partial charge in [-0.3, -0.25) is 4.79 Å². The van der Waals surface area contributed by atoms with Crippen LogP contribution in [0.25, 0.3) is 22.2 Å². The molecule has 0 unspecified atom stereocenters. The molecule has 0 aliphatic heterocycles. The van der Waals surface area contributed by atoms with Crippen LogP contribution in [-0.2, 0) is 16.6 Å². The molecule has 0 saturated heterocycles. The van der Waals surface area contributed by atoms with Gasteiger partial charge in [-0.05, 0) is 23.3 Å². The second kappa shape index (κ2) is 6.96. The monoisotopic (exact) mass is 374 g/mol. The van der Waals surface area contributed by atoms with E-state index in [1.807, 2.05) is 63.5 Å². The Balaban J connectivity index is 1.42. The lowest BCUT2D eigenvalue weighted by Crippen LogP contribution is -2.14. The number of benzene rings is 1. The Morgan fingerprint density at radius 3 is 2.61 bits per heavy atom. The van der Waals surface area contributed by atoms with Crippen LogP contribution >= 0.6 is 0 Å². The molecule has 1 amide bonds. The van der Waals surface area contributed by atoms with Crippen LogP contribution in [0.2, 0.25) is 0 Å². The van der Waals surface area contributed by atoms with Crippen molar-refractivity contribution >= 4 is 22.8 Å². The molecule has 0 aliphatic rings. The van der Waals surface area contributed by atoms with E-state index in [1.54, 1.807) is 6.07 Å². The van der Waals surface area contributed by atoms with E-state index in [0.717, 1.165) is 33.5 Å². The van der Waals surface area contributed by atoms with E-state index < -0.39 is 0 Å². The average molecular weight is 374 g/mol. The largest absolute Gasteiger partial charge is 0.359 e. The molecule has 0 spiro atoms. The van der Waals surface area contributed by atoms with Crippen LogP contribution in [0.3, 0.4) is 0 Å². The molecule has 0 fully saturated rings. The van der Waals surface area contributed by atoms with Crippen LogP contribution in [0.1, 0.15) is 32.1 Å². The van der Waals surface area contributed by atoms with Gasteiger partial charge in [0.25, 0.3) is 0 Å². The Morgan fingerprint density at radius 1 is 1.11 bits per heavy atom. The van der Waals surface area contributed by atoms with Gasteiger partial charge in [0, 0.05) is 34.8 Å². The van der Waals surface area contributed by atoms with Gasteiger partial charge in [-0.15, -0.1) is 0 Å². The zero-order valence-corrected chi connectivity index (χ0v) is 16.1. The van der Waals surface area contributed by atoms with Gasteiger partial charge in [0.2, 0.25) is 5.91 Å². The van der Waals surface area contributed by atoms with Gasteiger partial charge in [0.15, 0.2) is 5.82 Å². The minimum Gasteiger partial charge on any atom is -0.359 e. The highest BCUT2D eigenvalue weighted by Crippen LogP contribution is 2.25. The normalized spacial score (nSPS) is 11.7. The first-order valence-electron chi connectivity index (χ1n) is 9.18. The molecule has 4 aromatic rings. The van der Waals surface area contributed by atoms with Gasteiger partial charge in [-0.1, -0.05) is 50.2 Å². The fourth-order valence-electron chi connectivity index (χ4n) is 2.97. The minimum atomic E-state index is -0.149. The fraction of sp³-hybridized carbons (Fsp3) is 0.227. The fourth-order valence-corrected chi connectivity index (χ4v) is 2.97. The van der Waals surface area contributed by atoms with Crippen molar-refractivity contribution in [3.05, 3.63) is 66.2 Å². The standard InChI is InChI=1S/C22H22N4O2/c1-22(2,3)18-12-19(26-28-18)25-20(27)10-14-4-6-15(7-5-14)17-11-16-8-9-23-21(16)24-13-17/h4-9,11-13H,10H2,1-3H3,(H,23,24)(H,25,26,27). The highest BCUT2D eigenvalue weighted by molar-refractivity contribution is 5.91. The lowest BCUT2D eigenvalue weighted by atomic mass is 9.93. The van der Waals surface area contributed by atoms with Gasteiger partial charge in [0.1, 0.15) is 11.4 Å². The van der Waals surface area contributed by atoms with Crippen molar-refractivity contribution in [1.82, 2.24) is 15.1 Å². The van der Waals surface area contributed by atoms with Gasteiger partial charge in [-0.2, -0.15) is 0 Å². The molecule has 28 heavy (non-hydrogen) atoms. The third kappa shape index (κ3) is 3.81. The highest BCUT2D eigenvalue weighted by Gasteiger charge is 2.20. The van der Waals surface area contributed by atoms with E-state index in [9.17, 15) is 4.79 Å². The molecule has 0 saturated carbocycles. The van der Waals surface area contributed by atoms with Crippen LogP contribution in [-0.4, -0.2) is 21.0 Å². The number of pyridine rings is 1. The molecule has 3 aromatic heterocycles. The summed E-state index contributed by atoms with van der Waals surface area (Å²) in [6, 6.07) is 13.8. The predicted octanol–water partition coefficient (Wildman–Crippen LogP) is 4.70. The van der Waals surface area contributed by atoms with E-state index in [2.05, 4.69) is 26.5 Å². The van der Waals surface area contributed by atoms with E-state index in [-0.39, 0.29) is 17.7 Å². The first-order valence-corrected chi connectivity index (χ1v) is 9.18. The van der Waals surface area contributed by atoms with E-state index in [1.165, 1.54) is 0 Å². The number of carbonyl (C=O) groups excluding carboxylic acids is 1. The molecule has 142 valence electrons. The molecule has 0 atom stereocenters. The summed E-state index contributed by atoms with van der Waals surface area (Å²) in [6.07, 6.45) is 3.99. The smallest absolute Gasteiger partial charge is 0.230 e. The van der Waals surface area contributed by atoms with Gasteiger partial charge in [0.05, 0.1) is 6.42 Å². The molecule has 4 rings (SSSR count). The summed E-state index contributed by atoms with van der Waals surface area (Å²) in [4.78, 5) is 19.8. The number of amides is 1. The number of nitrogens with one attached hydrogen (secondary N) is 2. The van der Waals surface area contributed by atoms with Gasteiger partial charge >= 0.3 is 0 Å². The van der Waals surface area contributed by atoms with Crippen molar-refractivity contribution in [2.45, 2.75) is 32.6 Å². The van der Waals surface area contributed by atoms with Crippen LogP contribution in [0, 0.1) is 0 Å². The van der Waals surface area contributed by atoms with Crippen LogP contribution in [0.15, 0.2) is 59.4 Å². The maximum Gasteiger partial charge on any atom is 0.230 e. The summed E-state index contributed by atoms with van der Waals surface area (Å²) in [5, 5.41) is 7.78. The molecule has 0 bridgehead atoms. The zero-order valence-electron chi connectivity index (χ0n) is 16.1. The number of anilines is 1. The number of H-pyrrole nitrogens is 1. The number of hydrogen-bond acceptors (Lipinski definition) is 4. The Kier molecular flexibility index (Phi) is 4.47. The van der Waals surface area contributed by atoms with Gasteiger partial charge < -0.3 is 14.8 Å². The first kappa shape index (κ1) is 18.0. The number of aromatic amines is 1. The second-order valence-electron chi connectivity index (χ2n) is 7.89. The molecular formula is C22H22N4O2. The lowest BCUT2D eigenvalue weighted by molar-refractivity contribution is -0.115. The van der Waals surface area contributed by atoms with Crippen molar-refractivity contribution in [2.24, 2.45) is 0 Å². The topological polar surface area (TPSA) is 83.8 Å². The number of hydrogen-bond donors (Lipinski definition) is 2. The molecular weight excluding hydrogens is 352 g/mol. The van der Waals surface area contributed by atoms with Crippen molar-refractivity contribution < 1.29 is 9.32 Å². The molecule has 0 aliphatic carbocycles. The number of nitrogens with zero attached hydrogens (tertiary/aromatic N) is 2. The van der Waals surface area contributed by atoms with E-state index >= 15 is 0 Å². The maximum absolute atomic E-state index is 12.3. The molecule has 6 nitrogen and oxygen atoms in total. The predicted molar refractivity (Wildman–Crippen MR) is 109 cm³/mol. The summed E-state index contributed by atoms with van der Waals surface area (Å²) in [5.74, 6) is 1.05. The number of fused-ring (bicyclic) bond motifs is 1. The van der Waals surface area contributed by atoms with Crippen LogP contribution in [0.5, 0.6) is 0 Å². The third-order valence-electron chi connectivity index (χ3n) is 4.57. The minimum absolute atomic E-state index is 0.128. The molecule has 6 heteroatoms. The van der Waals surface area contributed by atoms with Crippen molar-refractivity contribution in [1.29, 1.82) is 0 Å². The summed E-state index contributed by atoms with van der Waals surface area (Å²) in [7, 11) is 0. The Morgan fingerprint density at radius 2 is 1.89 bits per heavy atom. The molecule has 1 aromatic carbocycles. The van der Waals surface area contributed by atoms with Crippen LogP contribution in [0.4, 0.5) is 5.82 Å². The van der Waals surface area contributed by atoms with Crippen molar-refractivity contribution in [2.75, 3.05) is 5.32 Å². The Hall–Kier alpha value is -3.41. The lowest BCUT2D eigenvalue weighted by Gasteiger charge is -2.12. The van der Waals surface area contributed by atoms with Gasteiger partial charge in [-0.25, -0.2) is 4.98 Å². The second-order valence-corrected chi connectivity index (χ2v) is 7.89. The first-order chi connectivity index (χ1) is 13.4.